The zero-order valence-electron chi connectivity index (χ0n) is 15.8. The number of furan rings is 1. The number of amides is 1. The first-order valence-electron chi connectivity index (χ1n) is 8.55. The summed E-state index contributed by atoms with van der Waals surface area (Å²) in [6, 6.07) is 10.1. The molecule has 1 aromatic carbocycles. The Morgan fingerprint density at radius 3 is 2.63 bits per heavy atom. The standard InChI is InChI=1S/C19H23N3O4S/c1-13(10-15-6-5-9-26-15)20-19(23)18-12-14-11-16(27(24,25)21(2)3)7-8-17(14)22(18)4/h5-9,11-13H,10H2,1-4H3,(H,20,23). The Hall–Kier alpha value is -2.58. The number of carbonyl (C=O) groups excluding carboxylic acids is 1. The maximum atomic E-state index is 12.7. The van der Waals surface area contributed by atoms with E-state index in [0.717, 1.165) is 11.3 Å². The summed E-state index contributed by atoms with van der Waals surface area (Å²) in [6.45, 7) is 1.91. The summed E-state index contributed by atoms with van der Waals surface area (Å²) in [5.74, 6) is 0.586. The van der Waals surface area contributed by atoms with Gasteiger partial charge in [0, 0.05) is 44.5 Å². The Kier molecular flexibility index (Phi) is 5.12. The summed E-state index contributed by atoms with van der Waals surface area (Å²) < 4.78 is 32.9. The summed E-state index contributed by atoms with van der Waals surface area (Å²) in [5.41, 5.74) is 1.26. The third-order valence-corrected chi connectivity index (χ3v) is 6.30. The van der Waals surface area contributed by atoms with Crippen LogP contribution in [0.5, 0.6) is 0 Å². The first kappa shape index (κ1) is 19.2. The van der Waals surface area contributed by atoms with E-state index in [0.29, 0.717) is 17.5 Å². The van der Waals surface area contributed by atoms with Crippen LogP contribution < -0.4 is 5.32 Å². The topological polar surface area (TPSA) is 84.5 Å². The number of rotatable bonds is 6. The lowest BCUT2D eigenvalue weighted by Crippen LogP contribution is -2.35. The molecule has 1 N–H and O–H groups in total. The van der Waals surface area contributed by atoms with Gasteiger partial charge in [-0.15, -0.1) is 0 Å². The second kappa shape index (κ2) is 7.21. The van der Waals surface area contributed by atoms with Crippen LogP contribution in [0.15, 0.2) is 52.0 Å². The van der Waals surface area contributed by atoms with E-state index >= 15 is 0 Å². The fraction of sp³-hybridized carbons (Fsp3) is 0.316. The Labute approximate surface area is 158 Å². The number of nitrogens with zero attached hydrogens (tertiary/aromatic N) is 2. The molecular formula is C19H23N3O4S. The Bertz CT molecular complexity index is 1070. The molecule has 0 saturated heterocycles. The number of nitrogens with one attached hydrogen (secondary N) is 1. The zero-order valence-corrected chi connectivity index (χ0v) is 16.6. The van der Waals surface area contributed by atoms with Crippen LogP contribution in [0, 0.1) is 0 Å². The van der Waals surface area contributed by atoms with Crippen LogP contribution >= 0.6 is 0 Å². The molecule has 0 bridgehead atoms. The van der Waals surface area contributed by atoms with Crippen LogP contribution in [0.1, 0.15) is 23.2 Å². The summed E-state index contributed by atoms with van der Waals surface area (Å²) in [4.78, 5) is 12.9. The molecule has 3 aromatic rings. The zero-order chi connectivity index (χ0) is 19.8. The van der Waals surface area contributed by atoms with Crippen molar-refractivity contribution in [2.45, 2.75) is 24.3 Å². The highest BCUT2D eigenvalue weighted by molar-refractivity contribution is 7.89. The van der Waals surface area contributed by atoms with Crippen LogP contribution in [-0.4, -0.2) is 43.3 Å². The molecule has 0 fully saturated rings. The van der Waals surface area contributed by atoms with Gasteiger partial charge in [0.1, 0.15) is 11.5 Å². The highest BCUT2D eigenvalue weighted by Crippen LogP contribution is 2.24. The fourth-order valence-corrected chi connectivity index (χ4v) is 3.93. The molecule has 27 heavy (non-hydrogen) atoms. The average Bonchev–Trinajstić information content (AvgIpc) is 3.22. The van der Waals surface area contributed by atoms with Crippen LogP contribution in [0.25, 0.3) is 10.9 Å². The SMILES string of the molecule is CC(Cc1ccco1)NC(=O)c1cc2cc(S(=O)(=O)N(C)C)ccc2n1C. The van der Waals surface area contributed by atoms with Gasteiger partial charge in [-0.05, 0) is 43.3 Å². The van der Waals surface area contributed by atoms with Crippen molar-refractivity contribution in [2.75, 3.05) is 14.1 Å². The van der Waals surface area contributed by atoms with Gasteiger partial charge in [0.2, 0.25) is 10.0 Å². The lowest BCUT2D eigenvalue weighted by Gasteiger charge is -2.13. The average molecular weight is 389 g/mol. The molecule has 1 atom stereocenters. The summed E-state index contributed by atoms with van der Waals surface area (Å²) in [5, 5.41) is 3.65. The maximum Gasteiger partial charge on any atom is 0.268 e. The molecular weight excluding hydrogens is 366 g/mol. The third kappa shape index (κ3) is 3.77. The lowest BCUT2D eigenvalue weighted by atomic mass is 10.2. The monoisotopic (exact) mass is 389 g/mol. The molecule has 0 aliphatic rings. The molecule has 7 nitrogen and oxygen atoms in total. The minimum atomic E-state index is -3.53. The van der Waals surface area contributed by atoms with Gasteiger partial charge in [-0.2, -0.15) is 0 Å². The number of fused-ring (bicyclic) bond motifs is 1. The van der Waals surface area contributed by atoms with E-state index in [1.807, 2.05) is 19.1 Å². The van der Waals surface area contributed by atoms with Gasteiger partial charge < -0.3 is 14.3 Å². The largest absolute Gasteiger partial charge is 0.469 e. The minimum absolute atomic E-state index is 0.105. The second-order valence-electron chi connectivity index (χ2n) is 6.75. The van der Waals surface area contributed by atoms with Crippen molar-refractivity contribution in [2.24, 2.45) is 7.05 Å². The second-order valence-corrected chi connectivity index (χ2v) is 8.91. The van der Waals surface area contributed by atoms with E-state index < -0.39 is 10.0 Å². The molecule has 0 aliphatic heterocycles. The number of benzene rings is 1. The van der Waals surface area contributed by atoms with Crippen molar-refractivity contribution < 1.29 is 17.6 Å². The molecule has 0 saturated carbocycles. The summed E-state index contributed by atoms with van der Waals surface area (Å²) in [6.07, 6.45) is 2.20. The van der Waals surface area contributed by atoms with Gasteiger partial charge >= 0.3 is 0 Å². The summed E-state index contributed by atoms with van der Waals surface area (Å²) in [7, 11) is 1.24. The number of hydrogen-bond acceptors (Lipinski definition) is 4. The Morgan fingerprint density at radius 1 is 1.26 bits per heavy atom. The smallest absolute Gasteiger partial charge is 0.268 e. The molecule has 0 spiro atoms. The van der Waals surface area contributed by atoms with E-state index in [9.17, 15) is 13.2 Å². The van der Waals surface area contributed by atoms with Crippen molar-refractivity contribution in [3.8, 4) is 0 Å². The first-order chi connectivity index (χ1) is 12.7. The molecule has 1 amide bonds. The molecule has 1 unspecified atom stereocenters. The van der Waals surface area contributed by atoms with Gasteiger partial charge in [0.15, 0.2) is 0 Å². The van der Waals surface area contributed by atoms with Gasteiger partial charge in [0.25, 0.3) is 5.91 Å². The molecule has 2 aromatic heterocycles. The minimum Gasteiger partial charge on any atom is -0.469 e. The van der Waals surface area contributed by atoms with Crippen LogP contribution in [0.2, 0.25) is 0 Å². The predicted molar refractivity (Wildman–Crippen MR) is 103 cm³/mol. The molecule has 3 rings (SSSR count). The summed E-state index contributed by atoms with van der Waals surface area (Å²) >= 11 is 0. The van der Waals surface area contributed by atoms with Crippen molar-refractivity contribution in [3.05, 3.63) is 54.1 Å². The fourth-order valence-electron chi connectivity index (χ4n) is 3.00. The normalized spacial score (nSPS) is 13.2. The van der Waals surface area contributed by atoms with E-state index in [-0.39, 0.29) is 16.8 Å². The highest BCUT2D eigenvalue weighted by atomic mass is 32.2. The number of sulfonamides is 1. The van der Waals surface area contributed by atoms with Crippen LogP contribution in [-0.2, 0) is 23.5 Å². The first-order valence-corrected chi connectivity index (χ1v) is 9.99. The molecule has 2 heterocycles. The molecule has 144 valence electrons. The van der Waals surface area contributed by atoms with Gasteiger partial charge in [-0.25, -0.2) is 12.7 Å². The molecule has 0 aliphatic carbocycles. The Morgan fingerprint density at radius 2 is 2.00 bits per heavy atom. The molecule has 8 heteroatoms. The van der Waals surface area contributed by atoms with Crippen molar-refractivity contribution in [1.29, 1.82) is 0 Å². The quantitative estimate of drug-likeness (QED) is 0.701. The van der Waals surface area contributed by atoms with Gasteiger partial charge in [-0.1, -0.05) is 0 Å². The van der Waals surface area contributed by atoms with Crippen molar-refractivity contribution in [3.63, 3.8) is 0 Å². The number of carbonyl (C=O) groups is 1. The number of aromatic nitrogens is 1. The van der Waals surface area contributed by atoms with Crippen LogP contribution in [0.3, 0.4) is 0 Å². The van der Waals surface area contributed by atoms with E-state index in [2.05, 4.69) is 5.32 Å². The van der Waals surface area contributed by atoms with Crippen molar-refractivity contribution in [1.82, 2.24) is 14.2 Å². The highest BCUT2D eigenvalue weighted by Gasteiger charge is 2.20. The Balaban J connectivity index is 1.86. The molecule has 0 radical (unpaired) electrons. The third-order valence-electron chi connectivity index (χ3n) is 4.49. The maximum absolute atomic E-state index is 12.7. The number of aryl methyl sites for hydroxylation is 1. The lowest BCUT2D eigenvalue weighted by molar-refractivity contribution is 0.0931. The number of hydrogen-bond donors (Lipinski definition) is 1. The predicted octanol–water partition coefficient (Wildman–Crippen LogP) is 2.38. The van der Waals surface area contributed by atoms with E-state index in [1.54, 1.807) is 42.1 Å². The van der Waals surface area contributed by atoms with E-state index in [4.69, 9.17) is 4.42 Å². The van der Waals surface area contributed by atoms with Gasteiger partial charge in [0.05, 0.1) is 11.2 Å². The van der Waals surface area contributed by atoms with E-state index in [1.165, 1.54) is 18.4 Å². The van der Waals surface area contributed by atoms with Gasteiger partial charge in [-0.3, -0.25) is 4.79 Å². The van der Waals surface area contributed by atoms with Crippen LogP contribution in [0.4, 0.5) is 0 Å². The van der Waals surface area contributed by atoms with Crippen molar-refractivity contribution >= 4 is 26.8 Å².